The zero-order valence-electron chi connectivity index (χ0n) is 11.5. The Kier molecular flexibility index (Phi) is 5.00. The zero-order valence-corrected chi connectivity index (χ0v) is 13.8. The fourth-order valence-corrected chi connectivity index (χ4v) is 2.49. The third-order valence-corrected chi connectivity index (χ3v) is 4.27. The number of hydrogen-bond donors (Lipinski definition) is 0. The van der Waals surface area contributed by atoms with Gasteiger partial charge in [0.1, 0.15) is 0 Å². The standard InChI is InChI=1S/C17H16BrClO/c1-11(2)9-12-3-5-13(6-4-12)17(20)14-7-8-15(18)16(19)10-14/h3-8,10-11H,9H2,1-2H3. The average Bonchev–Trinajstić information content (AvgIpc) is 2.41. The molecule has 2 aromatic carbocycles. The second-order valence-corrected chi connectivity index (χ2v) is 6.51. The third-order valence-electron chi connectivity index (χ3n) is 3.04. The molecule has 1 nitrogen and oxygen atoms in total. The molecule has 2 rings (SSSR count). The van der Waals surface area contributed by atoms with Gasteiger partial charge in [-0.1, -0.05) is 49.7 Å². The van der Waals surface area contributed by atoms with Crippen molar-refractivity contribution in [3.63, 3.8) is 0 Å². The molecule has 0 atom stereocenters. The first-order valence-corrected chi connectivity index (χ1v) is 7.73. The Bertz CT molecular complexity index is 617. The molecule has 0 aliphatic carbocycles. The Morgan fingerprint density at radius 1 is 1.10 bits per heavy atom. The molecule has 0 saturated heterocycles. The molecule has 0 radical (unpaired) electrons. The minimum Gasteiger partial charge on any atom is -0.289 e. The molecule has 0 amide bonds. The molecular weight excluding hydrogens is 336 g/mol. The summed E-state index contributed by atoms with van der Waals surface area (Å²) in [5, 5.41) is 0.548. The summed E-state index contributed by atoms with van der Waals surface area (Å²) in [6.07, 6.45) is 1.03. The first-order valence-electron chi connectivity index (χ1n) is 6.56. The van der Waals surface area contributed by atoms with Crippen LogP contribution < -0.4 is 0 Å². The van der Waals surface area contributed by atoms with E-state index in [9.17, 15) is 4.79 Å². The predicted molar refractivity (Wildman–Crippen MR) is 87.6 cm³/mol. The molecule has 0 unspecified atom stereocenters. The molecule has 0 heterocycles. The van der Waals surface area contributed by atoms with Crippen molar-refractivity contribution in [3.05, 3.63) is 68.7 Å². The Morgan fingerprint density at radius 2 is 1.70 bits per heavy atom. The van der Waals surface area contributed by atoms with Gasteiger partial charge in [-0.2, -0.15) is 0 Å². The van der Waals surface area contributed by atoms with Crippen molar-refractivity contribution in [2.45, 2.75) is 20.3 Å². The molecule has 0 N–H and O–H groups in total. The molecule has 20 heavy (non-hydrogen) atoms. The van der Waals surface area contributed by atoms with Gasteiger partial charge in [0.25, 0.3) is 0 Å². The van der Waals surface area contributed by atoms with E-state index in [-0.39, 0.29) is 5.78 Å². The monoisotopic (exact) mass is 350 g/mol. The summed E-state index contributed by atoms with van der Waals surface area (Å²) < 4.78 is 0.794. The van der Waals surface area contributed by atoms with Crippen LogP contribution in [0.2, 0.25) is 5.02 Å². The van der Waals surface area contributed by atoms with Crippen molar-refractivity contribution in [3.8, 4) is 0 Å². The summed E-state index contributed by atoms with van der Waals surface area (Å²) in [5.41, 5.74) is 2.55. The number of benzene rings is 2. The van der Waals surface area contributed by atoms with E-state index in [0.717, 1.165) is 10.9 Å². The lowest BCUT2D eigenvalue weighted by molar-refractivity contribution is 0.103. The maximum absolute atomic E-state index is 12.4. The van der Waals surface area contributed by atoms with E-state index in [1.54, 1.807) is 18.2 Å². The van der Waals surface area contributed by atoms with Crippen molar-refractivity contribution >= 4 is 33.3 Å². The van der Waals surface area contributed by atoms with Crippen LogP contribution in [0.15, 0.2) is 46.9 Å². The van der Waals surface area contributed by atoms with Crippen LogP contribution in [-0.4, -0.2) is 5.78 Å². The Balaban J connectivity index is 2.22. The van der Waals surface area contributed by atoms with E-state index in [2.05, 4.69) is 29.8 Å². The van der Waals surface area contributed by atoms with Gasteiger partial charge in [0.15, 0.2) is 5.78 Å². The van der Waals surface area contributed by atoms with E-state index in [1.807, 2.05) is 24.3 Å². The van der Waals surface area contributed by atoms with Crippen molar-refractivity contribution < 1.29 is 4.79 Å². The first kappa shape index (κ1) is 15.3. The van der Waals surface area contributed by atoms with Gasteiger partial charge in [0.05, 0.1) is 5.02 Å². The number of hydrogen-bond acceptors (Lipinski definition) is 1. The molecule has 2 aromatic rings. The predicted octanol–water partition coefficient (Wildman–Crippen LogP) is 5.53. The number of carbonyl (C=O) groups excluding carboxylic acids is 1. The first-order chi connectivity index (χ1) is 9.47. The van der Waals surface area contributed by atoms with Gasteiger partial charge in [-0.3, -0.25) is 4.79 Å². The van der Waals surface area contributed by atoms with Gasteiger partial charge < -0.3 is 0 Å². The molecule has 0 fully saturated rings. The fraction of sp³-hybridized carbons (Fsp3) is 0.235. The van der Waals surface area contributed by atoms with Gasteiger partial charge in [-0.15, -0.1) is 0 Å². The summed E-state index contributed by atoms with van der Waals surface area (Å²) >= 11 is 9.35. The number of carbonyl (C=O) groups is 1. The fourth-order valence-electron chi connectivity index (χ4n) is 2.07. The second kappa shape index (κ2) is 6.55. The van der Waals surface area contributed by atoms with E-state index >= 15 is 0 Å². The van der Waals surface area contributed by atoms with Crippen LogP contribution in [0.25, 0.3) is 0 Å². The summed E-state index contributed by atoms with van der Waals surface area (Å²) in [5.74, 6) is 0.609. The van der Waals surface area contributed by atoms with Crippen LogP contribution in [0.1, 0.15) is 35.3 Å². The van der Waals surface area contributed by atoms with Crippen LogP contribution in [0, 0.1) is 5.92 Å². The third kappa shape index (κ3) is 3.71. The van der Waals surface area contributed by atoms with E-state index < -0.39 is 0 Å². The normalized spacial score (nSPS) is 10.8. The lowest BCUT2D eigenvalue weighted by Gasteiger charge is -2.07. The van der Waals surface area contributed by atoms with Crippen molar-refractivity contribution in [2.75, 3.05) is 0 Å². The highest BCUT2D eigenvalue weighted by atomic mass is 79.9. The maximum Gasteiger partial charge on any atom is 0.193 e. The van der Waals surface area contributed by atoms with E-state index in [4.69, 9.17) is 11.6 Å². The lowest BCUT2D eigenvalue weighted by Crippen LogP contribution is -2.02. The van der Waals surface area contributed by atoms with E-state index in [0.29, 0.717) is 22.1 Å². The van der Waals surface area contributed by atoms with Crippen LogP contribution in [0.5, 0.6) is 0 Å². The van der Waals surface area contributed by atoms with Gasteiger partial charge in [0.2, 0.25) is 0 Å². The quantitative estimate of drug-likeness (QED) is 0.662. The van der Waals surface area contributed by atoms with Crippen molar-refractivity contribution in [1.82, 2.24) is 0 Å². The van der Waals surface area contributed by atoms with Crippen molar-refractivity contribution in [2.24, 2.45) is 5.92 Å². The molecule has 0 aliphatic rings. The highest BCUT2D eigenvalue weighted by molar-refractivity contribution is 9.10. The Labute approximate surface area is 133 Å². The average molecular weight is 352 g/mol. The minimum atomic E-state index is -0.00417. The van der Waals surface area contributed by atoms with Gasteiger partial charge in [-0.25, -0.2) is 0 Å². The van der Waals surface area contributed by atoms with Crippen molar-refractivity contribution in [1.29, 1.82) is 0 Å². The molecule has 0 aromatic heterocycles. The van der Waals surface area contributed by atoms with Crippen LogP contribution in [0.4, 0.5) is 0 Å². The number of halogens is 2. The zero-order chi connectivity index (χ0) is 14.7. The van der Waals surface area contributed by atoms with Gasteiger partial charge in [0, 0.05) is 15.6 Å². The molecule has 0 saturated carbocycles. The lowest BCUT2D eigenvalue weighted by atomic mass is 9.98. The Morgan fingerprint density at radius 3 is 2.25 bits per heavy atom. The molecule has 0 spiro atoms. The summed E-state index contributed by atoms with van der Waals surface area (Å²) in [6, 6.07) is 13.1. The second-order valence-electron chi connectivity index (χ2n) is 5.25. The van der Waals surface area contributed by atoms with E-state index in [1.165, 1.54) is 5.56 Å². The van der Waals surface area contributed by atoms with Crippen LogP contribution >= 0.6 is 27.5 Å². The highest BCUT2D eigenvalue weighted by Crippen LogP contribution is 2.24. The topological polar surface area (TPSA) is 17.1 Å². The van der Waals surface area contributed by atoms with Gasteiger partial charge in [-0.05, 0) is 52.0 Å². The molecule has 3 heteroatoms. The summed E-state index contributed by atoms with van der Waals surface area (Å²) in [7, 11) is 0. The number of ketones is 1. The molecular formula is C17H16BrClO. The molecule has 104 valence electrons. The highest BCUT2D eigenvalue weighted by Gasteiger charge is 2.10. The van der Waals surface area contributed by atoms with Crippen LogP contribution in [0.3, 0.4) is 0 Å². The van der Waals surface area contributed by atoms with Gasteiger partial charge >= 0.3 is 0 Å². The Hall–Kier alpha value is -1.12. The number of rotatable bonds is 4. The maximum atomic E-state index is 12.4. The summed E-state index contributed by atoms with van der Waals surface area (Å²) in [4.78, 5) is 12.4. The molecule has 0 aliphatic heterocycles. The molecule has 0 bridgehead atoms. The largest absolute Gasteiger partial charge is 0.289 e. The minimum absolute atomic E-state index is 0.00417. The summed E-state index contributed by atoms with van der Waals surface area (Å²) in [6.45, 7) is 4.37. The smallest absolute Gasteiger partial charge is 0.193 e. The van der Waals surface area contributed by atoms with Crippen LogP contribution in [-0.2, 0) is 6.42 Å². The SMILES string of the molecule is CC(C)Cc1ccc(C(=O)c2ccc(Br)c(Cl)c2)cc1.